The molecular formula is C14H18N2. The minimum atomic E-state index is -0.0781. The van der Waals surface area contributed by atoms with Gasteiger partial charge in [-0.25, -0.2) is 0 Å². The monoisotopic (exact) mass is 214 g/mol. The second kappa shape index (κ2) is 3.83. The van der Waals surface area contributed by atoms with Crippen molar-refractivity contribution in [1.82, 2.24) is 0 Å². The van der Waals surface area contributed by atoms with Crippen LogP contribution in [0.4, 0.5) is 5.69 Å². The van der Waals surface area contributed by atoms with Crippen molar-refractivity contribution in [3.05, 3.63) is 28.8 Å². The highest BCUT2D eigenvalue weighted by molar-refractivity contribution is 5.56. The van der Waals surface area contributed by atoms with Gasteiger partial charge in [0.25, 0.3) is 0 Å². The van der Waals surface area contributed by atoms with Gasteiger partial charge in [-0.15, -0.1) is 0 Å². The molecule has 0 bridgehead atoms. The van der Waals surface area contributed by atoms with Gasteiger partial charge in [-0.2, -0.15) is 5.26 Å². The summed E-state index contributed by atoms with van der Waals surface area (Å²) in [5, 5.41) is 12.4. The normalized spacial score (nSPS) is 16.6. The van der Waals surface area contributed by atoms with E-state index >= 15 is 0 Å². The zero-order valence-electron chi connectivity index (χ0n) is 10.2. The predicted molar refractivity (Wildman–Crippen MR) is 66.4 cm³/mol. The molecule has 0 aliphatic heterocycles. The zero-order valence-corrected chi connectivity index (χ0v) is 10.2. The van der Waals surface area contributed by atoms with E-state index in [-0.39, 0.29) is 5.41 Å². The average molecular weight is 214 g/mol. The maximum Gasteiger partial charge on any atom is 0.0747 e. The molecule has 1 fully saturated rings. The van der Waals surface area contributed by atoms with Crippen molar-refractivity contribution >= 4 is 5.69 Å². The molecule has 1 N–H and O–H groups in total. The summed E-state index contributed by atoms with van der Waals surface area (Å²) in [6.07, 6.45) is 2.08. The second-order valence-electron chi connectivity index (χ2n) is 4.93. The van der Waals surface area contributed by atoms with Crippen molar-refractivity contribution in [3.8, 4) is 6.07 Å². The van der Waals surface area contributed by atoms with Crippen LogP contribution in [0.1, 0.15) is 29.5 Å². The number of rotatable bonds is 3. The molecule has 0 heterocycles. The van der Waals surface area contributed by atoms with Crippen molar-refractivity contribution in [2.75, 3.05) is 11.9 Å². The van der Waals surface area contributed by atoms with Crippen molar-refractivity contribution < 1.29 is 0 Å². The Hall–Kier alpha value is -1.49. The number of hydrogen-bond acceptors (Lipinski definition) is 2. The summed E-state index contributed by atoms with van der Waals surface area (Å²) in [5.41, 5.74) is 5.06. The first-order valence-electron chi connectivity index (χ1n) is 5.80. The average Bonchev–Trinajstić information content (AvgIpc) is 3.06. The van der Waals surface area contributed by atoms with E-state index < -0.39 is 0 Å². The third kappa shape index (κ3) is 1.90. The lowest BCUT2D eigenvalue weighted by atomic mass is 10.0. The number of aryl methyl sites for hydroxylation is 1. The molecule has 2 heteroatoms. The van der Waals surface area contributed by atoms with E-state index in [2.05, 4.69) is 44.3 Å². The summed E-state index contributed by atoms with van der Waals surface area (Å²) in [7, 11) is 0. The Bertz CT molecular complexity index is 451. The lowest BCUT2D eigenvalue weighted by Crippen LogP contribution is -2.14. The van der Waals surface area contributed by atoms with E-state index in [9.17, 15) is 0 Å². The number of nitrogens with zero attached hydrogens (tertiary/aromatic N) is 1. The number of nitriles is 1. The summed E-state index contributed by atoms with van der Waals surface area (Å²) in [6.45, 7) is 7.19. The maximum atomic E-state index is 9.01. The molecule has 16 heavy (non-hydrogen) atoms. The van der Waals surface area contributed by atoms with Crippen molar-refractivity contribution in [2.24, 2.45) is 5.41 Å². The molecule has 0 spiro atoms. The highest BCUT2D eigenvalue weighted by Crippen LogP contribution is 2.44. The van der Waals surface area contributed by atoms with Crippen LogP contribution in [-0.2, 0) is 0 Å². The molecule has 1 aromatic rings. The Kier molecular flexibility index (Phi) is 2.63. The highest BCUT2D eigenvalue weighted by Gasteiger charge is 2.42. The molecular weight excluding hydrogens is 196 g/mol. The van der Waals surface area contributed by atoms with Crippen molar-refractivity contribution in [2.45, 2.75) is 33.6 Å². The van der Waals surface area contributed by atoms with Gasteiger partial charge >= 0.3 is 0 Å². The van der Waals surface area contributed by atoms with Crippen LogP contribution in [0.25, 0.3) is 0 Å². The highest BCUT2D eigenvalue weighted by atomic mass is 14.9. The lowest BCUT2D eigenvalue weighted by molar-refractivity contribution is 0.711. The standard InChI is InChI=1S/C14H18N2/c1-10-4-5-13(12(3)11(10)2)16-9-14(8-15)6-7-14/h4-5,16H,6-7,9H2,1-3H3. The Labute approximate surface area is 97.3 Å². The number of nitrogens with one attached hydrogen (secondary N) is 1. The van der Waals surface area contributed by atoms with Crippen molar-refractivity contribution in [1.29, 1.82) is 5.26 Å². The van der Waals surface area contributed by atoms with E-state index in [0.717, 1.165) is 19.4 Å². The van der Waals surface area contributed by atoms with Crippen LogP contribution in [0.15, 0.2) is 12.1 Å². The topological polar surface area (TPSA) is 35.8 Å². The van der Waals surface area contributed by atoms with Gasteiger partial charge in [0.2, 0.25) is 0 Å². The van der Waals surface area contributed by atoms with Gasteiger partial charge in [-0.05, 0) is 56.4 Å². The van der Waals surface area contributed by atoms with Crippen LogP contribution in [0, 0.1) is 37.5 Å². The summed E-state index contributed by atoms with van der Waals surface area (Å²) < 4.78 is 0. The molecule has 1 aliphatic rings. The fourth-order valence-electron chi connectivity index (χ4n) is 1.89. The Morgan fingerprint density at radius 3 is 2.50 bits per heavy atom. The van der Waals surface area contributed by atoms with Gasteiger partial charge in [0.1, 0.15) is 0 Å². The molecule has 1 aliphatic carbocycles. The third-order valence-corrected chi connectivity index (χ3v) is 3.77. The maximum absolute atomic E-state index is 9.01. The molecule has 2 nitrogen and oxygen atoms in total. The van der Waals surface area contributed by atoms with Gasteiger partial charge in [-0.1, -0.05) is 6.07 Å². The summed E-state index contributed by atoms with van der Waals surface area (Å²) in [6, 6.07) is 6.66. The van der Waals surface area contributed by atoms with E-state index in [4.69, 9.17) is 5.26 Å². The largest absolute Gasteiger partial charge is 0.383 e. The number of anilines is 1. The Balaban J connectivity index is 2.11. The van der Waals surface area contributed by atoms with Crippen LogP contribution in [0.3, 0.4) is 0 Å². The Morgan fingerprint density at radius 1 is 1.25 bits per heavy atom. The summed E-state index contributed by atoms with van der Waals surface area (Å²) in [5.74, 6) is 0. The van der Waals surface area contributed by atoms with Crippen LogP contribution in [0.2, 0.25) is 0 Å². The zero-order chi connectivity index (χ0) is 11.8. The van der Waals surface area contributed by atoms with Gasteiger partial charge in [0, 0.05) is 12.2 Å². The third-order valence-electron chi connectivity index (χ3n) is 3.77. The molecule has 2 rings (SSSR count). The van der Waals surface area contributed by atoms with Gasteiger partial charge in [-0.3, -0.25) is 0 Å². The van der Waals surface area contributed by atoms with Gasteiger partial charge in [0.05, 0.1) is 11.5 Å². The molecule has 0 radical (unpaired) electrons. The fourth-order valence-corrected chi connectivity index (χ4v) is 1.89. The van der Waals surface area contributed by atoms with Crippen LogP contribution in [-0.4, -0.2) is 6.54 Å². The molecule has 1 aromatic carbocycles. The molecule has 84 valence electrons. The van der Waals surface area contributed by atoms with Gasteiger partial charge in [0.15, 0.2) is 0 Å². The number of hydrogen-bond donors (Lipinski definition) is 1. The first-order valence-corrected chi connectivity index (χ1v) is 5.80. The molecule has 0 aromatic heterocycles. The molecule has 1 saturated carbocycles. The van der Waals surface area contributed by atoms with E-state index in [1.54, 1.807) is 0 Å². The fraction of sp³-hybridized carbons (Fsp3) is 0.500. The smallest absolute Gasteiger partial charge is 0.0747 e. The molecule has 0 unspecified atom stereocenters. The van der Waals surface area contributed by atoms with Gasteiger partial charge < -0.3 is 5.32 Å². The lowest BCUT2D eigenvalue weighted by Gasteiger charge is -2.15. The number of benzene rings is 1. The summed E-state index contributed by atoms with van der Waals surface area (Å²) in [4.78, 5) is 0. The van der Waals surface area contributed by atoms with Crippen LogP contribution < -0.4 is 5.32 Å². The molecule has 0 saturated heterocycles. The minimum absolute atomic E-state index is 0.0781. The SMILES string of the molecule is Cc1ccc(NCC2(C#N)CC2)c(C)c1C. The van der Waals surface area contributed by atoms with E-state index in [1.165, 1.54) is 22.4 Å². The van der Waals surface area contributed by atoms with Crippen molar-refractivity contribution in [3.63, 3.8) is 0 Å². The van der Waals surface area contributed by atoms with Crippen LogP contribution >= 0.6 is 0 Å². The summed E-state index contributed by atoms with van der Waals surface area (Å²) >= 11 is 0. The Morgan fingerprint density at radius 2 is 1.94 bits per heavy atom. The first-order chi connectivity index (χ1) is 7.58. The second-order valence-corrected chi connectivity index (χ2v) is 4.93. The first kappa shape index (κ1) is 11.0. The minimum Gasteiger partial charge on any atom is -0.383 e. The predicted octanol–water partition coefficient (Wildman–Crippen LogP) is 3.33. The molecule has 0 amide bonds. The molecule has 0 atom stereocenters. The van der Waals surface area contributed by atoms with Crippen LogP contribution in [0.5, 0.6) is 0 Å². The van der Waals surface area contributed by atoms with E-state index in [0.29, 0.717) is 0 Å². The van der Waals surface area contributed by atoms with E-state index in [1.807, 2.05) is 0 Å². The quantitative estimate of drug-likeness (QED) is 0.837.